The highest BCUT2D eigenvalue weighted by molar-refractivity contribution is 5.40. The largest absolute Gasteiger partial charge is 0.497 e. The fraction of sp³-hybridized carbons (Fsp3) is 0.700. The Morgan fingerprint density at radius 3 is 2.81 bits per heavy atom. The van der Waals surface area contributed by atoms with Gasteiger partial charge in [0.25, 0.3) is 0 Å². The summed E-state index contributed by atoms with van der Waals surface area (Å²) in [6, 6.07) is 6.83. The Balaban J connectivity index is 1.68. The smallest absolute Gasteiger partial charge is 0.119 e. The second kappa shape index (κ2) is 4.76. The van der Waals surface area contributed by atoms with Gasteiger partial charge in [0.05, 0.1) is 7.11 Å². The SMILES string of the molecule is COc1ccc2c(c1)CC[C@@H]1[C@@H]2CC[C@]2(C)[C@@H](C)CC[C@@H]12. The number of hydrogen-bond acceptors (Lipinski definition) is 1. The Bertz CT molecular complexity index is 549. The molecule has 0 amide bonds. The molecule has 0 aromatic heterocycles. The number of methoxy groups -OCH3 is 1. The van der Waals surface area contributed by atoms with Crippen LogP contribution in [0.15, 0.2) is 18.2 Å². The molecule has 0 N–H and O–H groups in total. The zero-order valence-electron chi connectivity index (χ0n) is 13.7. The van der Waals surface area contributed by atoms with Gasteiger partial charge < -0.3 is 4.74 Å². The molecule has 114 valence electrons. The van der Waals surface area contributed by atoms with E-state index in [4.69, 9.17) is 4.74 Å². The predicted molar refractivity (Wildman–Crippen MR) is 86.8 cm³/mol. The van der Waals surface area contributed by atoms with Crippen molar-refractivity contribution in [1.82, 2.24) is 0 Å². The van der Waals surface area contributed by atoms with Crippen molar-refractivity contribution >= 4 is 0 Å². The first-order valence-electron chi connectivity index (χ1n) is 8.80. The topological polar surface area (TPSA) is 9.23 Å². The van der Waals surface area contributed by atoms with Crippen LogP contribution < -0.4 is 4.74 Å². The van der Waals surface area contributed by atoms with E-state index < -0.39 is 0 Å². The van der Waals surface area contributed by atoms with Crippen LogP contribution in [0.3, 0.4) is 0 Å². The zero-order chi connectivity index (χ0) is 14.6. The summed E-state index contributed by atoms with van der Waals surface area (Å²) in [6.07, 6.45) is 8.43. The average molecular weight is 284 g/mol. The standard InChI is InChI=1S/C20H28O/c1-13-4-9-19-18-7-5-14-12-15(21-3)6-8-16(14)17(18)10-11-20(13,19)2/h6,8,12-13,17-19H,4-5,7,9-11H2,1-3H3/t13-,17+,18+,19-,20+/m0/s1. The van der Waals surface area contributed by atoms with Crippen molar-refractivity contribution in [1.29, 1.82) is 0 Å². The molecular formula is C20H28O. The summed E-state index contributed by atoms with van der Waals surface area (Å²) in [5.41, 5.74) is 3.84. The lowest BCUT2D eigenvalue weighted by Crippen LogP contribution is -2.41. The van der Waals surface area contributed by atoms with E-state index in [-0.39, 0.29) is 0 Å². The van der Waals surface area contributed by atoms with Crippen molar-refractivity contribution in [3.05, 3.63) is 29.3 Å². The van der Waals surface area contributed by atoms with Crippen LogP contribution in [0.4, 0.5) is 0 Å². The molecule has 5 atom stereocenters. The molecule has 0 heterocycles. The molecule has 1 nitrogen and oxygen atoms in total. The minimum absolute atomic E-state index is 0.630. The first kappa shape index (κ1) is 13.7. The van der Waals surface area contributed by atoms with Crippen LogP contribution in [0.2, 0.25) is 0 Å². The number of fused-ring (bicyclic) bond motifs is 5. The van der Waals surface area contributed by atoms with Crippen LogP contribution in [0.5, 0.6) is 5.75 Å². The molecule has 3 aliphatic rings. The Morgan fingerprint density at radius 2 is 2.00 bits per heavy atom. The molecule has 0 unspecified atom stereocenters. The van der Waals surface area contributed by atoms with Crippen molar-refractivity contribution in [3.8, 4) is 5.75 Å². The minimum Gasteiger partial charge on any atom is -0.497 e. The van der Waals surface area contributed by atoms with Crippen molar-refractivity contribution in [2.45, 2.75) is 58.3 Å². The van der Waals surface area contributed by atoms with E-state index in [1.54, 1.807) is 18.2 Å². The maximum Gasteiger partial charge on any atom is 0.119 e. The molecule has 0 aliphatic heterocycles. The molecule has 3 aliphatic carbocycles. The predicted octanol–water partition coefficient (Wildman–Crippen LogP) is 5.19. The number of rotatable bonds is 1. The molecule has 2 fully saturated rings. The van der Waals surface area contributed by atoms with E-state index in [0.717, 1.165) is 29.4 Å². The number of ether oxygens (including phenoxy) is 1. The number of hydrogen-bond donors (Lipinski definition) is 0. The van der Waals surface area contributed by atoms with Crippen LogP contribution in [0.1, 0.15) is 63.0 Å². The summed E-state index contributed by atoms with van der Waals surface area (Å²) in [6.45, 7) is 5.09. The van der Waals surface area contributed by atoms with E-state index in [1.165, 1.54) is 38.5 Å². The maximum absolute atomic E-state index is 5.42. The summed E-state index contributed by atoms with van der Waals surface area (Å²) in [4.78, 5) is 0. The molecule has 1 heteroatoms. The summed E-state index contributed by atoms with van der Waals surface area (Å²) in [7, 11) is 1.78. The van der Waals surface area contributed by atoms with Crippen LogP contribution in [-0.2, 0) is 6.42 Å². The number of benzene rings is 1. The van der Waals surface area contributed by atoms with Crippen LogP contribution in [-0.4, -0.2) is 7.11 Å². The van der Waals surface area contributed by atoms with Crippen molar-refractivity contribution in [2.24, 2.45) is 23.2 Å². The lowest BCUT2D eigenvalue weighted by molar-refractivity contribution is 0.0336. The minimum atomic E-state index is 0.630. The summed E-state index contributed by atoms with van der Waals surface area (Å²) >= 11 is 0. The van der Waals surface area contributed by atoms with Gasteiger partial charge in [-0.1, -0.05) is 19.9 Å². The molecule has 0 bridgehead atoms. The molecule has 21 heavy (non-hydrogen) atoms. The van der Waals surface area contributed by atoms with Gasteiger partial charge in [-0.3, -0.25) is 0 Å². The van der Waals surface area contributed by atoms with Crippen molar-refractivity contribution in [2.75, 3.05) is 7.11 Å². The highest BCUT2D eigenvalue weighted by Crippen LogP contribution is 2.62. The van der Waals surface area contributed by atoms with E-state index in [2.05, 4.69) is 32.0 Å². The first-order chi connectivity index (χ1) is 10.1. The highest BCUT2D eigenvalue weighted by Gasteiger charge is 2.53. The monoisotopic (exact) mass is 284 g/mol. The summed E-state index contributed by atoms with van der Waals surface area (Å²) < 4.78 is 5.42. The van der Waals surface area contributed by atoms with Gasteiger partial charge in [0, 0.05) is 0 Å². The molecule has 0 radical (unpaired) electrons. The fourth-order valence-corrected chi connectivity index (χ4v) is 5.95. The Kier molecular flexibility index (Phi) is 3.10. The van der Waals surface area contributed by atoms with Crippen LogP contribution in [0.25, 0.3) is 0 Å². The van der Waals surface area contributed by atoms with Crippen LogP contribution >= 0.6 is 0 Å². The summed E-state index contributed by atoms with van der Waals surface area (Å²) in [5, 5.41) is 0. The van der Waals surface area contributed by atoms with Gasteiger partial charge in [0.1, 0.15) is 5.75 Å². The highest BCUT2D eigenvalue weighted by atomic mass is 16.5. The summed E-state index contributed by atoms with van der Waals surface area (Å²) in [5.74, 6) is 4.70. The third kappa shape index (κ3) is 1.89. The Hall–Kier alpha value is -0.980. The maximum atomic E-state index is 5.42. The zero-order valence-corrected chi connectivity index (χ0v) is 13.7. The molecule has 1 aromatic rings. The third-order valence-corrected chi connectivity index (χ3v) is 7.41. The van der Waals surface area contributed by atoms with Gasteiger partial charge in [0.2, 0.25) is 0 Å². The molecule has 2 saturated carbocycles. The molecule has 1 aromatic carbocycles. The Labute approximate surface area is 129 Å². The first-order valence-corrected chi connectivity index (χ1v) is 8.80. The quantitative estimate of drug-likeness (QED) is 0.690. The lowest BCUT2D eigenvalue weighted by Gasteiger charge is -2.50. The van der Waals surface area contributed by atoms with E-state index in [0.29, 0.717) is 5.41 Å². The second-order valence-corrected chi connectivity index (χ2v) is 8.00. The van der Waals surface area contributed by atoms with Crippen molar-refractivity contribution < 1.29 is 4.74 Å². The lowest BCUT2D eigenvalue weighted by atomic mass is 9.54. The third-order valence-electron chi connectivity index (χ3n) is 7.41. The molecular weight excluding hydrogens is 256 g/mol. The normalized spacial score (nSPS) is 41.1. The van der Waals surface area contributed by atoms with Gasteiger partial charge >= 0.3 is 0 Å². The Morgan fingerprint density at radius 1 is 1.14 bits per heavy atom. The van der Waals surface area contributed by atoms with E-state index >= 15 is 0 Å². The molecule has 0 saturated heterocycles. The van der Waals surface area contributed by atoms with Crippen molar-refractivity contribution in [3.63, 3.8) is 0 Å². The van der Waals surface area contributed by atoms with E-state index in [9.17, 15) is 0 Å². The van der Waals surface area contributed by atoms with E-state index in [1.807, 2.05) is 0 Å². The van der Waals surface area contributed by atoms with Gasteiger partial charge in [-0.2, -0.15) is 0 Å². The fourth-order valence-electron chi connectivity index (χ4n) is 5.95. The molecule has 0 spiro atoms. The van der Waals surface area contributed by atoms with Gasteiger partial charge in [-0.05, 0) is 90.9 Å². The van der Waals surface area contributed by atoms with Gasteiger partial charge in [-0.15, -0.1) is 0 Å². The van der Waals surface area contributed by atoms with Gasteiger partial charge in [0.15, 0.2) is 0 Å². The van der Waals surface area contributed by atoms with Gasteiger partial charge in [-0.25, -0.2) is 0 Å². The van der Waals surface area contributed by atoms with Crippen LogP contribution in [0, 0.1) is 23.2 Å². The average Bonchev–Trinajstić information content (AvgIpc) is 2.82. The molecule has 4 rings (SSSR count). The second-order valence-electron chi connectivity index (χ2n) is 8.00. The number of aryl methyl sites for hydroxylation is 1.